The molecule has 1 N–H and O–H groups in total. The van der Waals surface area contributed by atoms with Crippen LogP contribution >= 0.6 is 0 Å². The van der Waals surface area contributed by atoms with Crippen molar-refractivity contribution in [3.05, 3.63) is 53.1 Å². The summed E-state index contributed by atoms with van der Waals surface area (Å²) in [5.41, 5.74) is 2.55. The normalized spacial score (nSPS) is 10.1. The molecule has 2 aromatic carbocycles. The second-order valence-corrected chi connectivity index (χ2v) is 5.05. The summed E-state index contributed by atoms with van der Waals surface area (Å²) in [7, 11) is 4.76. The van der Waals surface area contributed by atoms with Crippen LogP contribution in [0.4, 0.5) is 0 Å². The minimum Gasteiger partial charge on any atom is -0.497 e. The number of methoxy groups -OCH3 is 3. The Labute approximate surface area is 136 Å². The molecule has 0 heterocycles. The minimum absolute atomic E-state index is 0.155. The van der Waals surface area contributed by atoms with Gasteiger partial charge in [-0.3, -0.25) is 4.79 Å². The lowest BCUT2D eigenvalue weighted by Gasteiger charge is -2.13. The van der Waals surface area contributed by atoms with Crippen molar-refractivity contribution in [1.29, 1.82) is 0 Å². The molecule has 23 heavy (non-hydrogen) atoms. The average Bonchev–Trinajstić information content (AvgIpc) is 2.60. The van der Waals surface area contributed by atoms with Gasteiger partial charge in [-0.15, -0.1) is 0 Å². The Bertz CT molecular complexity index is 697. The molecule has 2 aromatic rings. The van der Waals surface area contributed by atoms with Gasteiger partial charge in [0.05, 0.1) is 21.3 Å². The van der Waals surface area contributed by atoms with E-state index in [-0.39, 0.29) is 5.91 Å². The van der Waals surface area contributed by atoms with Crippen molar-refractivity contribution in [3.63, 3.8) is 0 Å². The van der Waals surface area contributed by atoms with Crippen LogP contribution in [0.1, 0.15) is 21.5 Å². The zero-order valence-corrected chi connectivity index (χ0v) is 13.8. The van der Waals surface area contributed by atoms with Crippen LogP contribution in [0.3, 0.4) is 0 Å². The molecule has 0 aliphatic heterocycles. The van der Waals surface area contributed by atoms with E-state index in [2.05, 4.69) is 5.32 Å². The van der Waals surface area contributed by atoms with Gasteiger partial charge in [-0.2, -0.15) is 0 Å². The number of ether oxygens (including phenoxy) is 3. The highest BCUT2D eigenvalue weighted by molar-refractivity contribution is 5.94. The number of carbonyl (C=O) groups excluding carboxylic acids is 1. The largest absolute Gasteiger partial charge is 0.497 e. The van der Waals surface area contributed by atoms with Gasteiger partial charge in [0.2, 0.25) is 0 Å². The lowest BCUT2D eigenvalue weighted by molar-refractivity contribution is 0.0950. The first-order chi connectivity index (χ1) is 11.1. The Hall–Kier alpha value is -2.69. The zero-order valence-electron chi connectivity index (χ0n) is 13.8. The van der Waals surface area contributed by atoms with E-state index in [4.69, 9.17) is 14.2 Å². The van der Waals surface area contributed by atoms with Gasteiger partial charge in [-0.05, 0) is 48.4 Å². The fourth-order valence-electron chi connectivity index (χ4n) is 2.26. The summed E-state index contributed by atoms with van der Waals surface area (Å²) in [6.07, 6.45) is 0. The standard InChI is InChI=1S/C18H21NO4/c1-12-8-16(22-3)17(23-4)10-14(12)11-19-18(20)13-6-5-7-15(9-13)21-2/h5-10H,11H2,1-4H3,(H,19,20). The van der Waals surface area contributed by atoms with Gasteiger partial charge in [0.1, 0.15) is 5.75 Å². The molecule has 0 bridgehead atoms. The Morgan fingerprint density at radius 1 is 1.00 bits per heavy atom. The molecular formula is C18H21NO4. The Morgan fingerprint density at radius 2 is 1.70 bits per heavy atom. The monoisotopic (exact) mass is 315 g/mol. The van der Waals surface area contributed by atoms with E-state index < -0.39 is 0 Å². The molecule has 0 radical (unpaired) electrons. The van der Waals surface area contributed by atoms with E-state index in [1.165, 1.54) is 0 Å². The van der Waals surface area contributed by atoms with Gasteiger partial charge in [-0.25, -0.2) is 0 Å². The molecule has 122 valence electrons. The average molecular weight is 315 g/mol. The zero-order chi connectivity index (χ0) is 16.8. The van der Waals surface area contributed by atoms with Crippen molar-refractivity contribution in [2.75, 3.05) is 21.3 Å². The topological polar surface area (TPSA) is 56.8 Å². The molecule has 0 saturated carbocycles. The highest BCUT2D eigenvalue weighted by Gasteiger charge is 2.11. The molecule has 0 saturated heterocycles. The van der Waals surface area contributed by atoms with E-state index >= 15 is 0 Å². The molecule has 5 heteroatoms. The Balaban J connectivity index is 2.12. The number of hydrogen-bond acceptors (Lipinski definition) is 4. The molecular weight excluding hydrogens is 294 g/mol. The quantitative estimate of drug-likeness (QED) is 0.890. The highest BCUT2D eigenvalue weighted by atomic mass is 16.5. The first kappa shape index (κ1) is 16.7. The fourth-order valence-corrected chi connectivity index (χ4v) is 2.26. The molecule has 0 atom stereocenters. The van der Waals surface area contributed by atoms with Crippen molar-refractivity contribution in [2.45, 2.75) is 13.5 Å². The number of hydrogen-bond donors (Lipinski definition) is 1. The minimum atomic E-state index is -0.155. The van der Waals surface area contributed by atoms with Crippen molar-refractivity contribution in [1.82, 2.24) is 5.32 Å². The number of carbonyl (C=O) groups is 1. The molecule has 0 spiro atoms. The van der Waals surface area contributed by atoms with E-state index in [1.54, 1.807) is 45.6 Å². The molecule has 0 fully saturated rings. The van der Waals surface area contributed by atoms with Gasteiger partial charge in [0.15, 0.2) is 11.5 Å². The third kappa shape index (κ3) is 3.94. The first-order valence-electron chi connectivity index (χ1n) is 7.22. The number of nitrogens with one attached hydrogen (secondary N) is 1. The lowest BCUT2D eigenvalue weighted by atomic mass is 10.1. The summed E-state index contributed by atoms with van der Waals surface area (Å²) in [5.74, 6) is 1.81. The molecule has 1 amide bonds. The molecule has 2 rings (SSSR count). The van der Waals surface area contributed by atoms with E-state index in [9.17, 15) is 4.79 Å². The molecule has 0 aromatic heterocycles. The summed E-state index contributed by atoms with van der Waals surface area (Å²) < 4.78 is 15.7. The van der Waals surface area contributed by atoms with Gasteiger partial charge >= 0.3 is 0 Å². The van der Waals surface area contributed by atoms with Crippen molar-refractivity contribution in [2.24, 2.45) is 0 Å². The number of benzene rings is 2. The second kappa shape index (κ2) is 7.54. The molecule has 0 unspecified atom stereocenters. The number of rotatable bonds is 6. The van der Waals surface area contributed by atoms with Crippen LogP contribution in [-0.2, 0) is 6.54 Å². The molecule has 0 aliphatic carbocycles. The maximum absolute atomic E-state index is 12.3. The maximum atomic E-state index is 12.3. The number of amides is 1. The van der Waals surface area contributed by atoms with Crippen LogP contribution in [0.2, 0.25) is 0 Å². The Morgan fingerprint density at radius 3 is 2.35 bits per heavy atom. The summed E-state index contributed by atoms with van der Waals surface area (Å²) in [6, 6.07) is 10.8. The predicted octanol–water partition coefficient (Wildman–Crippen LogP) is 2.95. The Kier molecular flexibility index (Phi) is 5.46. The highest BCUT2D eigenvalue weighted by Crippen LogP contribution is 2.30. The third-order valence-electron chi connectivity index (χ3n) is 3.61. The van der Waals surface area contributed by atoms with Crippen LogP contribution in [0, 0.1) is 6.92 Å². The lowest BCUT2D eigenvalue weighted by Crippen LogP contribution is -2.23. The SMILES string of the molecule is COc1cccc(C(=O)NCc2cc(OC)c(OC)cc2C)c1. The van der Waals surface area contributed by atoms with Crippen molar-refractivity contribution >= 4 is 5.91 Å². The van der Waals surface area contributed by atoms with Gasteiger partial charge in [0.25, 0.3) is 5.91 Å². The number of aryl methyl sites for hydroxylation is 1. The molecule has 5 nitrogen and oxygen atoms in total. The molecule has 0 aliphatic rings. The summed E-state index contributed by atoms with van der Waals surface area (Å²) >= 11 is 0. The third-order valence-corrected chi connectivity index (χ3v) is 3.61. The predicted molar refractivity (Wildman–Crippen MR) is 88.4 cm³/mol. The summed E-state index contributed by atoms with van der Waals surface area (Å²) in [4.78, 5) is 12.3. The second-order valence-electron chi connectivity index (χ2n) is 5.05. The van der Waals surface area contributed by atoms with E-state index in [1.807, 2.05) is 19.1 Å². The first-order valence-corrected chi connectivity index (χ1v) is 7.22. The van der Waals surface area contributed by atoms with Crippen molar-refractivity contribution in [3.8, 4) is 17.2 Å². The van der Waals surface area contributed by atoms with Crippen molar-refractivity contribution < 1.29 is 19.0 Å². The van der Waals surface area contributed by atoms with Crippen LogP contribution in [0.25, 0.3) is 0 Å². The van der Waals surface area contributed by atoms with E-state index in [0.29, 0.717) is 29.4 Å². The van der Waals surface area contributed by atoms with Crippen LogP contribution in [0.5, 0.6) is 17.2 Å². The smallest absolute Gasteiger partial charge is 0.251 e. The van der Waals surface area contributed by atoms with Gasteiger partial charge in [-0.1, -0.05) is 6.07 Å². The summed E-state index contributed by atoms with van der Waals surface area (Å²) in [5, 5.41) is 2.91. The maximum Gasteiger partial charge on any atom is 0.251 e. The van der Waals surface area contributed by atoms with E-state index in [0.717, 1.165) is 11.1 Å². The van der Waals surface area contributed by atoms with Crippen LogP contribution in [0.15, 0.2) is 36.4 Å². The van der Waals surface area contributed by atoms with Gasteiger partial charge < -0.3 is 19.5 Å². The van der Waals surface area contributed by atoms with Gasteiger partial charge in [0, 0.05) is 12.1 Å². The van der Waals surface area contributed by atoms with Crippen LogP contribution < -0.4 is 19.5 Å². The fraction of sp³-hybridized carbons (Fsp3) is 0.278. The van der Waals surface area contributed by atoms with Crippen LogP contribution in [-0.4, -0.2) is 27.2 Å². The summed E-state index contributed by atoms with van der Waals surface area (Å²) in [6.45, 7) is 2.37.